The molecule has 0 bridgehead atoms. The molecule has 102 valence electrons. The van der Waals surface area contributed by atoms with Crippen LogP contribution in [0, 0.1) is 0 Å². The second-order valence-electron chi connectivity index (χ2n) is 4.74. The van der Waals surface area contributed by atoms with Crippen molar-refractivity contribution in [2.24, 2.45) is 0 Å². The molecular formula is C15H26N2O. The predicted octanol–water partition coefficient (Wildman–Crippen LogP) is 3.68. The maximum Gasteiger partial charge on any atom is 0.123 e. The fraction of sp³-hybridized carbons (Fsp3) is 0.600. The van der Waals surface area contributed by atoms with Gasteiger partial charge in [-0.3, -0.25) is 0 Å². The normalized spacial score (nSPS) is 10.4. The Bertz CT molecular complexity index is 352. The van der Waals surface area contributed by atoms with E-state index in [1.165, 1.54) is 19.3 Å². The molecule has 0 aliphatic rings. The van der Waals surface area contributed by atoms with E-state index in [4.69, 9.17) is 10.5 Å². The van der Waals surface area contributed by atoms with Gasteiger partial charge < -0.3 is 15.4 Å². The summed E-state index contributed by atoms with van der Waals surface area (Å²) >= 11 is 0. The molecule has 1 aromatic rings. The van der Waals surface area contributed by atoms with E-state index in [9.17, 15) is 0 Å². The summed E-state index contributed by atoms with van der Waals surface area (Å²) in [5, 5.41) is 0. The molecule has 1 rings (SSSR count). The largest absolute Gasteiger partial charge is 0.493 e. The van der Waals surface area contributed by atoms with Gasteiger partial charge in [0, 0.05) is 37.1 Å². The number of nitrogens with zero attached hydrogens (tertiary/aromatic N) is 1. The number of hydrogen-bond acceptors (Lipinski definition) is 3. The summed E-state index contributed by atoms with van der Waals surface area (Å²) in [5.74, 6) is 0.870. The third kappa shape index (κ3) is 4.86. The molecule has 1 aromatic carbocycles. The first-order valence-electron chi connectivity index (χ1n) is 6.91. The topological polar surface area (TPSA) is 38.5 Å². The molecule has 2 N–H and O–H groups in total. The van der Waals surface area contributed by atoms with Gasteiger partial charge in [0.15, 0.2) is 0 Å². The Hall–Kier alpha value is -1.38. The van der Waals surface area contributed by atoms with Crippen molar-refractivity contribution in [3.63, 3.8) is 0 Å². The maximum atomic E-state index is 5.92. The summed E-state index contributed by atoms with van der Waals surface area (Å²) < 4.78 is 5.65. The first kappa shape index (κ1) is 14.7. The van der Waals surface area contributed by atoms with Gasteiger partial charge in [-0.25, -0.2) is 0 Å². The monoisotopic (exact) mass is 250 g/mol. The molecule has 18 heavy (non-hydrogen) atoms. The van der Waals surface area contributed by atoms with Gasteiger partial charge >= 0.3 is 0 Å². The average Bonchev–Trinajstić information content (AvgIpc) is 2.36. The molecule has 0 aliphatic carbocycles. The van der Waals surface area contributed by atoms with Crippen LogP contribution in [0.2, 0.25) is 0 Å². The molecule has 0 radical (unpaired) electrons. The summed E-state index contributed by atoms with van der Waals surface area (Å²) in [6, 6.07) is 5.96. The van der Waals surface area contributed by atoms with E-state index in [1.54, 1.807) is 0 Å². The third-order valence-corrected chi connectivity index (χ3v) is 2.92. The lowest BCUT2D eigenvalue weighted by atomic mass is 10.2. The van der Waals surface area contributed by atoms with Crippen molar-refractivity contribution in [1.29, 1.82) is 0 Å². The van der Waals surface area contributed by atoms with E-state index < -0.39 is 0 Å². The van der Waals surface area contributed by atoms with E-state index >= 15 is 0 Å². The summed E-state index contributed by atoms with van der Waals surface area (Å²) in [6.45, 7) is 6.12. The van der Waals surface area contributed by atoms with Gasteiger partial charge in [0.1, 0.15) is 5.75 Å². The van der Waals surface area contributed by atoms with Crippen LogP contribution in [0.15, 0.2) is 18.2 Å². The Labute approximate surface area is 111 Å². The first-order chi connectivity index (χ1) is 8.67. The molecular weight excluding hydrogens is 224 g/mol. The lowest BCUT2D eigenvalue weighted by Crippen LogP contribution is -2.18. The highest BCUT2D eigenvalue weighted by molar-refractivity contribution is 5.60. The fourth-order valence-corrected chi connectivity index (χ4v) is 1.86. The standard InChI is InChI=1S/C15H26N2O/c1-4-6-7-8-17(3)14-10-13(16)11-15(12-14)18-9-5-2/h10-12H,4-9,16H2,1-3H3. The zero-order chi connectivity index (χ0) is 13.4. The smallest absolute Gasteiger partial charge is 0.123 e. The van der Waals surface area contributed by atoms with Crippen LogP contribution in [0.5, 0.6) is 5.75 Å². The molecule has 3 nitrogen and oxygen atoms in total. The summed E-state index contributed by atoms with van der Waals surface area (Å²) in [7, 11) is 2.11. The highest BCUT2D eigenvalue weighted by Crippen LogP contribution is 2.25. The van der Waals surface area contributed by atoms with Crippen molar-refractivity contribution in [2.75, 3.05) is 30.8 Å². The minimum atomic E-state index is 0.739. The maximum absolute atomic E-state index is 5.92. The SMILES string of the molecule is CCCCCN(C)c1cc(N)cc(OCCC)c1. The second kappa shape index (κ2) is 7.85. The third-order valence-electron chi connectivity index (χ3n) is 2.92. The molecule has 0 atom stereocenters. The Morgan fingerprint density at radius 2 is 1.89 bits per heavy atom. The quantitative estimate of drug-likeness (QED) is 0.565. The van der Waals surface area contributed by atoms with Crippen LogP contribution in [0.25, 0.3) is 0 Å². The minimum absolute atomic E-state index is 0.739. The van der Waals surface area contributed by atoms with Gasteiger partial charge in [0.05, 0.1) is 6.61 Å². The number of anilines is 2. The molecule has 0 fully saturated rings. The van der Waals surface area contributed by atoms with Crippen molar-refractivity contribution in [3.05, 3.63) is 18.2 Å². The van der Waals surface area contributed by atoms with E-state index in [0.717, 1.165) is 36.7 Å². The highest BCUT2D eigenvalue weighted by Gasteiger charge is 2.04. The number of nitrogen functional groups attached to an aromatic ring is 1. The Balaban J connectivity index is 2.65. The van der Waals surface area contributed by atoms with Gasteiger partial charge in [-0.2, -0.15) is 0 Å². The number of hydrogen-bond donors (Lipinski definition) is 1. The molecule has 0 saturated heterocycles. The van der Waals surface area contributed by atoms with Crippen LogP contribution < -0.4 is 15.4 Å². The van der Waals surface area contributed by atoms with Gasteiger partial charge in [0.2, 0.25) is 0 Å². The average molecular weight is 250 g/mol. The predicted molar refractivity (Wildman–Crippen MR) is 79.4 cm³/mol. The Kier molecular flexibility index (Phi) is 6.40. The summed E-state index contributed by atoms with van der Waals surface area (Å²) in [4.78, 5) is 2.24. The Morgan fingerprint density at radius 3 is 2.56 bits per heavy atom. The first-order valence-corrected chi connectivity index (χ1v) is 6.91. The fourth-order valence-electron chi connectivity index (χ4n) is 1.86. The van der Waals surface area contributed by atoms with E-state index in [2.05, 4.69) is 31.9 Å². The van der Waals surface area contributed by atoms with E-state index in [1.807, 2.05) is 12.1 Å². The van der Waals surface area contributed by atoms with Crippen molar-refractivity contribution in [1.82, 2.24) is 0 Å². The zero-order valence-corrected chi connectivity index (χ0v) is 11.9. The summed E-state index contributed by atoms with van der Waals surface area (Å²) in [6.07, 6.45) is 4.74. The van der Waals surface area contributed by atoms with Crippen molar-refractivity contribution in [2.45, 2.75) is 39.5 Å². The molecule has 3 heteroatoms. The van der Waals surface area contributed by atoms with Crippen molar-refractivity contribution in [3.8, 4) is 5.75 Å². The van der Waals surface area contributed by atoms with Gasteiger partial charge in [-0.05, 0) is 18.9 Å². The molecule has 0 spiro atoms. The van der Waals surface area contributed by atoms with E-state index in [-0.39, 0.29) is 0 Å². The molecule has 0 unspecified atom stereocenters. The van der Waals surface area contributed by atoms with Crippen LogP contribution in [-0.4, -0.2) is 20.2 Å². The van der Waals surface area contributed by atoms with Crippen LogP contribution in [0.3, 0.4) is 0 Å². The van der Waals surface area contributed by atoms with Gasteiger partial charge in [-0.15, -0.1) is 0 Å². The summed E-state index contributed by atoms with van der Waals surface area (Å²) in [5.41, 5.74) is 7.82. The number of rotatable bonds is 8. The molecule has 0 aromatic heterocycles. The second-order valence-corrected chi connectivity index (χ2v) is 4.74. The highest BCUT2D eigenvalue weighted by atomic mass is 16.5. The minimum Gasteiger partial charge on any atom is -0.493 e. The van der Waals surface area contributed by atoms with E-state index in [0.29, 0.717) is 0 Å². The lowest BCUT2D eigenvalue weighted by molar-refractivity contribution is 0.317. The van der Waals surface area contributed by atoms with Gasteiger partial charge in [0.25, 0.3) is 0 Å². The molecule has 0 aliphatic heterocycles. The number of unbranched alkanes of at least 4 members (excludes halogenated alkanes) is 2. The zero-order valence-electron chi connectivity index (χ0n) is 11.9. The molecule has 0 heterocycles. The Morgan fingerprint density at radius 1 is 1.11 bits per heavy atom. The lowest BCUT2D eigenvalue weighted by Gasteiger charge is -2.20. The molecule has 0 saturated carbocycles. The van der Waals surface area contributed by atoms with Crippen LogP contribution in [0.1, 0.15) is 39.5 Å². The van der Waals surface area contributed by atoms with Crippen LogP contribution >= 0.6 is 0 Å². The number of ether oxygens (including phenoxy) is 1. The van der Waals surface area contributed by atoms with Crippen LogP contribution in [-0.2, 0) is 0 Å². The number of benzene rings is 1. The van der Waals surface area contributed by atoms with Crippen LogP contribution in [0.4, 0.5) is 11.4 Å². The van der Waals surface area contributed by atoms with Crippen molar-refractivity contribution >= 4 is 11.4 Å². The molecule has 0 amide bonds. The number of nitrogens with two attached hydrogens (primary N) is 1. The van der Waals surface area contributed by atoms with Gasteiger partial charge in [-0.1, -0.05) is 26.7 Å². The van der Waals surface area contributed by atoms with Crippen molar-refractivity contribution < 1.29 is 4.74 Å².